The topological polar surface area (TPSA) is 63.3 Å². The van der Waals surface area contributed by atoms with Crippen molar-refractivity contribution in [2.45, 2.75) is 11.8 Å². The zero-order valence-corrected chi connectivity index (χ0v) is 8.75. The van der Waals surface area contributed by atoms with E-state index in [2.05, 4.69) is 0 Å². The first-order chi connectivity index (χ1) is 6.59. The fourth-order valence-electron chi connectivity index (χ4n) is 0.897. The lowest BCUT2D eigenvalue weighted by Crippen LogP contribution is -2.11. The predicted octanol–water partition coefficient (Wildman–Crippen LogP) is 2.08. The maximum atomic E-state index is 10.5. The lowest BCUT2D eigenvalue weighted by atomic mass is 10.2. The largest absolute Gasteiger partial charge is 0.481 e. The van der Waals surface area contributed by atoms with Gasteiger partial charge in [-0.05, 0) is 18.2 Å². The van der Waals surface area contributed by atoms with Crippen LogP contribution in [0.25, 0.3) is 0 Å². The van der Waals surface area contributed by atoms with Crippen LogP contribution in [-0.4, -0.2) is 16.8 Å². The number of carboxylic acids is 1. The van der Waals surface area contributed by atoms with Crippen molar-refractivity contribution in [2.24, 2.45) is 5.92 Å². The molecule has 14 heavy (non-hydrogen) atoms. The van der Waals surface area contributed by atoms with Gasteiger partial charge in [-0.15, -0.1) is 11.8 Å². The molecule has 1 aromatic carbocycles. The summed E-state index contributed by atoms with van der Waals surface area (Å²) in [6.07, 6.45) is 0. The zero-order chi connectivity index (χ0) is 10.6. The van der Waals surface area contributed by atoms with Gasteiger partial charge in [0.2, 0.25) is 0 Å². The van der Waals surface area contributed by atoms with Crippen LogP contribution in [0.2, 0.25) is 0 Å². The standard InChI is InChI=1S/C10H13NO2S/c1-7(10(12)13)6-14-9-4-2-3-8(11)5-9/h2-5,7H,6,11H2,1H3,(H,12,13). The number of hydrogen-bond donors (Lipinski definition) is 2. The Balaban J connectivity index is 2.49. The Morgan fingerprint density at radius 1 is 1.64 bits per heavy atom. The third-order valence-electron chi connectivity index (χ3n) is 1.78. The van der Waals surface area contributed by atoms with Crippen LogP contribution in [0.5, 0.6) is 0 Å². The highest BCUT2D eigenvalue weighted by Crippen LogP contribution is 2.22. The summed E-state index contributed by atoms with van der Waals surface area (Å²) >= 11 is 1.51. The molecule has 0 fully saturated rings. The van der Waals surface area contributed by atoms with Gasteiger partial charge in [0, 0.05) is 16.3 Å². The number of nitrogen functional groups attached to an aromatic ring is 1. The van der Waals surface area contributed by atoms with Crippen molar-refractivity contribution in [3.8, 4) is 0 Å². The molecule has 0 aliphatic carbocycles. The van der Waals surface area contributed by atoms with Crippen LogP contribution in [-0.2, 0) is 4.79 Å². The van der Waals surface area contributed by atoms with E-state index in [1.54, 1.807) is 6.92 Å². The van der Waals surface area contributed by atoms with E-state index in [4.69, 9.17) is 10.8 Å². The van der Waals surface area contributed by atoms with E-state index in [1.807, 2.05) is 24.3 Å². The molecule has 76 valence electrons. The van der Waals surface area contributed by atoms with E-state index in [-0.39, 0.29) is 5.92 Å². The maximum absolute atomic E-state index is 10.5. The summed E-state index contributed by atoms with van der Waals surface area (Å²) in [6.45, 7) is 1.70. The molecular formula is C10H13NO2S. The van der Waals surface area contributed by atoms with Crippen molar-refractivity contribution in [2.75, 3.05) is 11.5 Å². The SMILES string of the molecule is CC(CSc1cccc(N)c1)C(=O)O. The fraction of sp³-hybridized carbons (Fsp3) is 0.300. The quantitative estimate of drug-likeness (QED) is 0.591. The molecule has 0 saturated heterocycles. The summed E-state index contributed by atoms with van der Waals surface area (Å²) in [5, 5.41) is 8.68. The number of anilines is 1. The first-order valence-corrected chi connectivity index (χ1v) is 5.29. The molecule has 0 saturated carbocycles. The summed E-state index contributed by atoms with van der Waals surface area (Å²) in [6, 6.07) is 7.45. The average molecular weight is 211 g/mol. The highest BCUT2D eigenvalue weighted by molar-refractivity contribution is 7.99. The van der Waals surface area contributed by atoms with Crippen molar-refractivity contribution < 1.29 is 9.90 Å². The molecule has 1 aromatic rings. The molecule has 0 aromatic heterocycles. The Hall–Kier alpha value is -1.16. The third kappa shape index (κ3) is 3.30. The van der Waals surface area contributed by atoms with Crippen LogP contribution in [0.4, 0.5) is 5.69 Å². The highest BCUT2D eigenvalue weighted by atomic mass is 32.2. The van der Waals surface area contributed by atoms with Crippen LogP contribution in [0.3, 0.4) is 0 Å². The molecule has 0 radical (unpaired) electrons. The van der Waals surface area contributed by atoms with Crippen molar-refractivity contribution in [1.29, 1.82) is 0 Å². The second kappa shape index (κ2) is 4.91. The highest BCUT2D eigenvalue weighted by Gasteiger charge is 2.10. The zero-order valence-electron chi connectivity index (χ0n) is 7.93. The maximum Gasteiger partial charge on any atom is 0.307 e. The second-order valence-electron chi connectivity index (χ2n) is 3.12. The normalized spacial score (nSPS) is 12.4. The lowest BCUT2D eigenvalue weighted by Gasteiger charge is -2.05. The van der Waals surface area contributed by atoms with Gasteiger partial charge in [0.1, 0.15) is 0 Å². The minimum Gasteiger partial charge on any atom is -0.481 e. The van der Waals surface area contributed by atoms with Crippen LogP contribution >= 0.6 is 11.8 Å². The Morgan fingerprint density at radius 3 is 2.93 bits per heavy atom. The number of thioether (sulfide) groups is 1. The fourth-order valence-corrected chi connectivity index (χ4v) is 1.88. The first-order valence-electron chi connectivity index (χ1n) is 4.30. The van der Waals surface area contributed by atoms with Crippen LogP contribution < -0.4 is 5.73 Å². The van der Waals surface area contributed by atoms with Gasteiger partial charge in [-0.1, -0.05) is 13.0 Å². The van der Waals surface area contributed by atoms with Gasteiger partial charge < -0.3 is 10.8 Å². The van der Waals surface area contributed by atoms with Gasteiger partial charge in [-0.2, -0.15) is 0 Å². The molecule has 0 amide bonds. The predicted molar refractivity (Wildman–Crippen MR) is 58.4 cm³/mol. The molecule has 0 heterocycles. The van der Waals surface area contributed by atoms with E-state index in [9.17, 15) is 4.79 Å². The number of carbonyl (C=O) groups is 1. The third-order valence-corrected chi connectivity index (χ3v) is 3.03. The molecule has 0 spiro atoms. The first kappa shape index (κ1) is 10.9. The van der Waals surface area contributed by atoms with Gasteiger partial charge >= 0.3 is 5.97 Å². The van der Waals surface area contributed by atoms with Gasteiger partial charge in [0.25, 0.3) is 0 Å². The average Bonchev–Trinajstić information content (AvgIpc) is 2.14. The van der Waals surface area contributed by atoms with Crippen LogP contribution in [0.1, 0.15) is 6.92 Å². The summed E-state index contributed by atoms with van der Waals surface area (Å²) in [5.41, 5.74) is 6.30. The van der Waals surface area contributed by atoms with Gasteiger partial charge in [-0.3, -0.25) is 4.79 Å². The molecule has 1 unspecified atom stereocenters. The van der Waals surface area contributed by atoms with E-state index in [0.29, 0.717) is 11.4 Å². The van der Waals surface area contributed by atoms with Crippen molar-refractivity contribution in [3.05, 3.63) is 24.3 Å². The Kier molecular flexibility index (Phi) is 3.83. The molecule has 3 nitrogen and oxygen atoms in total. The van der Waals surface area contributed by atoms with E-state index in [1.165, 1.54) is 11.8 Å². The van der Waals surface area contributed by atoms with E-state index in [0.717, 1.165) is 4.90 Å². The number of rotatable bonds is 4. The lowest BCUT2D eigenvalue weighted by molar-refractivity contribution is -0.140. The minimum absolute atomic E-state index is 0.332. The Morgan fingerprint density at radius 2 is 2.36 bits per heavy atom. The van der Waals surface area contributed by atoms with Crippen molar-refractivity contribution in [3.63, 3.8) is 0 Å². The van der Waals surface area contributed by atoms with Crippen LogP contribution in [0, 0.1) is 5.92 Å². The minimum atomic E-state index is -0.763. The van der Waals surface area contributed by atoms with Gasteiger partial charge in [0.05, 0.1) is 5.92 Å². The number of nitrogens with two attached hydrogens (primary N) is 1. The van der Waals surface area contributed by atoms with Crippen molar-refractivity contribution >= 4 is 23.4 Å². The molecular weight excluding hydrogens is 198 g/mol. The monoisotopic (exact) mass is 211 g/mol. The Labute approximate surface area is 87.3 Å². The number of carboxylic acid groups (broad SMARTS) is 1. The molecule has 1 rings (SSSR count). The number of aliphatic carboxylic acids is 1. The summed E-state index contributed by atoms with van der Waals surface area (Å²) in [4.78, 5) is 11.6. The van der Waals surface area contributed by atoms with Crippen LogP contribution in [0.15, 0.2) is 29.2 Å². The van der Waals surface area contributed by atoms with Crippen molar-refractivity contribution in [1.82, 2.24) is 0 Å². The molecule has 1 atom stereocenters. The molecule has 0 aliphatic rings. The summed E-state index contributed by atoms with van der Waals surface area (Å²) < 4.78 is 0. The molecule has 3 N–H and O–H groups in total. The Bertz CT molecular complexity index is 328. The van der Waals surface area contributed by atoms with Gasteiger partial charge in [-0.25, -0.2) is 0 Å². The molecule has 0 aliphatic heterocycles. The number of benzene rings is 1. The van der Waals surface area contributed by atoms with E-state index >= 15 is 0 Å². The van der Waals surface area contributed by atoms with E-state index < -0.39 is 5.97 Å². The number of hydrogen-bond acceptors (Lipinski definition) is 3. The molecule has 0 bridgehead atoms. The summed E-state index contributed by atoms with van der Waals surface area (Å²) in [7, 11) is 0. The molecule has 4 heteroatoms. The smallest absolute Gasteiger partial charge is 0.307 e. The second-order valence-corrected chi connectivity index (χ2v) is 4.22. The van der Waals surface area contributed by atoms with Gasteiger partial charge in [0.15, 0.2) is 0 Å². The summed E-state index contributed by atoms with van der Waals surface area (Å²) in [5.74, 6) is -0.526.